The van der Waals surface area contributed by atoms with E-state index in [9.17, 15) is 4.79 Å². The Morgan fingerprint density at radius 1 is 1.43 bits per heavy atom. The van der Waals surface area contributed by atoms with Crippen LogP contribution in [0.2, 0.25) is 0 Å². The van der Waals surface area contributed by atoms with Crippen LogP contribution in [0, 0.1) is 0 Å². The van der Waals surface area contributed by atoms with Gasteiger partial charge in [-0.3, -0.25) is 0 Å². The SMILES string of the molecule is CS[C@H]1CCC[C@H]1NC(=O)NCc1cccc(-n2cncn2)c1. The highest BCUT2D eigenvalue weighted by molar-refractivity contribution is 7.99. The summed E-state index contributed by atoms with van der Waals surface area (Å²) in [5.41, 5.74) is 1.96. The lowest BCUT2D eigenvalue weighted by Gasteiger charge is -2.19. The zero-order valence-corrected chi connectivity index (χ0v) is 13.9. The normalized spacial score (nSPS) is 20.4. The number of rotatable bonds is 5. The summed E-state index contributed by atoms with van der Waals surface area (Å²) in [7, 11) is 0. The highest BCUT2D eigenvalue weighted by Crippen LogP contribution is 2.28. The maximum atomic E-state index is 12.1. The molecule has 0 saturated heterocycles. The van der Waals surface area contributed by atoms with Crippen molar-refractivity contribution in [2.45, 2.75) is 37.1 Å². The number of nitrogens with zero attached hydrogens (tertiary/aromatic N) is 3. The number of hydrogen-bond acceptors (Lipinski definition) is 4. The molecule has 0 aliphatic heterocycles. The molecule has 1 saturated carbocycles. The van der Waals surface area contributed by atoms with Gasteiger partial charge in [-0.05, 0) is 36.8 Å². The number of carbonyl (C=O) groups is 1. The fourth-order valence-electron chi connectivity index (χ4n) is 2.93. The number of nitrogens with one attached hydrogen (secondary N) is 2. The molecule has 122 valence electrons. The summed E-state index contributed by atoms with van der Waals surface area (Å²) in [6.07, 6.45) is 8.71. The Hall–Kier alpha value is -2.02. The molecule has 0 unspecified atom stereocenters. The summed E-state index contributed by atoms with van der Waals surface area (Å²) in [5.74, 6) is 0. The van der Waals surface area contributed by atoms with Gasteiger partial charge in [0.2, 0.25) is 0 Å². The van der Waals surface area contributed by atoms with E-state index in [-0.39, 0.29) is 12.1 Å². The van der Waals surface area contributed by atoms with Gasteiger partial charge in [-0.2, -0.15) is 16.9 Å². The topological polar surface area (TPSA) is 71.8 Å². The number of thioether (sulfide) groups is 1. The third-order valence-electron chi connectivity index (χ3n) is 4.12. The standard InChI is InChI=1S/C16H21N5OS/c1-23-15-7-3-6-14(15)20-16(22)18-9-12-4-2-5-13(8-12)21-11-17-10-19-21/h2,4-5,8,10-11,14-15H,3,6-7,9H2,1H3,(H2,18,20,22)/t14-,15+/m1/s1. The molecule has 23 heavy (non-hydrogen) atoms. The van der Waals surface area contributed by atoms with Gasteiger partial charge < -0.3 is 10.6 Å². The predicted octanol–water partition coefficient (Wildman–Crippen LogP) is 2.35. The monoisotopic (exact) mass is 331 g/mol. The number of amides is 2. The molecule has 2 amide bonds. The quantitative estimate of drug-likeness (QED) is 0.882. The molecule has 1 heterocycles. The molecule has 1 aliphatic rings. The molecule has 0 spiro atoms. The van der Waals surface area contributed by atoms with Crippen molar-refractivity contribution in [2.24, 2.45) is 0 Å². The van der Waals surface area contributed by atoms with Crippen LogP contribution in [-0.4, -0.2) is 38.3 Å². The van der Waals surface area contributed by atoms with Crippen molar-refractivity contribution in [1.29, 1.82) is 0 Å². The average molecular weight is 331 g/mol. The van der Waals surface area contributed by atoms with Crippen LogP contribution >= 0.6 is 11.8 Å². The first-order valence-electron chi connectivity index (χ1n) is 7.77. The van der Waals surface area contributed by atoms with E-state index in [4.69, 9.17) is 0 Å². The minimum atomic E-state index is -0.0953. The first-order valence-corrected chi connectivity index (χ1v) is 9.06. The van der Waals surface area contributed by atoms with E-state index in [1.165, 1.54) is 19.2 Å². The maximum absolute atomic E-state index is 12.1. The van der Waals surface area contributed by atoms with Crippen molar-refractivity contribution in [2.75, 3.05) is 6.26 Å². The summed E-state index contributed by atoms with van der Waals surface area (Å²) in [6.45, 7) is 0.491. The van der Waals surface area contributed by atoms with Gasteiger partial charge in [-0.25, -0.2) is 14.5 Å². The van der Waals surface area contributed by atoms with Crippen LogP contribution < -0.4 is 10.6 Å². The molecule has 1 aromatic carbocycles. The molecule has 6 nitrogen and oxygen atoms in total. The third kappa shape index (κ3) is 4.04. The minimum Gasteiger partial charge on any atom is -0.334 e. The molecule has 2 atom stereocenters. The van der Waals surface area contributed by atoms with E-state index in [2.05, 4.69) is 27.0 Å². The van der Waals surface area contributed by atoms with Crippen molar-refractivity contribution in [1.82, 2.24) is 25.4 Å². The summed E-state index contributed by atoms with van der Waals surface area (Å²) < 4.78 is 1.70. The number of carbonyl (C=O) groups excluding carboxylic acids is 1. The van der Waals surface area contributed by atoms with Crippen LogP contribution in [0.15, 0.2) is 36.9 Å². The van der Waals surface area contributed by atoms with Crippen molar-refractivity contribution in [3.8, 4) is 5.69 Å². The first-order chi connectivity index (χ1) is 11.3. The molecule has 2 aromatic rings. The Morgan fingerprint density at radius 2 is 2.35 bits per heavy atom. The number of aromatic nitrogens is 3. The maximum Gasteiger partial charge on any atom is 0.315 e. The summed E-state index contributed by atoms with van der Waals surface area (Å²) in [5, 5.41) is 10.7. The van der Waals surface area contributed by atoms with Crippen molar-refractivity contribution < 1.29 is 4.79 Å². The fourth-order valence-corrected chi connectivity index (χ4v) is 3.86. The van der Waals surface area contributed by atoms with Gasteiger partial charge in [-0.1, -0.05) is 18.6 Å². The second kappa shape index (κ2) is 7.50. The van der Waals surface area contributed by atoms with Crippen LogP contribution in [0.5, 0.6) is 0 Å². The van der Waals surface area contributed by atoms with Gasteiger partial charge in [0, 0.05) is 17.8 Å². The zero-order valence-electron chi connectivity index (χ0n) is 13.1. The largest absolute Gasteiger partial charge is 0.334 e. The van der Waals surface area contributed by atoms with Crippen LogP contribution in [0.1, 0.15) is 24.8 Å². The lowest BCUT2D eigenvalue weighted by Crippen LogP contribution is -2.44. The van der Waals surface area contributed by atoms with E-state index in [1.807, 2.05) is 36.0 Å². The van der Waals surface area contributed by atoms with E-state index >= 15 is 0 Å². The third-order valence-corrected chi connectivity index (χ3v) is 5.29. The highest BCUT2D eigenvalue weighted by atomic mass is 32.2. The highest BCUT2D eigenvalue weighted by Gasteiger charge is 2.27. The molecule has 1 aliphatic carbocycles. The predicted molar refractivity (Wildman–Crippen MR) is 91.7 cm³/mol. The molecule has 2 N–H and O–H groups in total. The van der Waals surface area contributed by atoms with Crippen molar-refractivity contribution in [3.63, 3.8) is 0 Å². The number of hydrogen-bond donors (Lipinski definition) is 2. The van der Waals surface area contributed by atoms with Gasteiger partial charge in [0.15, 0.2) is 0 Å². The average Bonchev–Trinajstić information content (AvgIpc) is 3.24. The lowest BCUT2D eigenvalue weighted by atomic mass is 10.2. The van der Waals surface area contributed by atoms with Crippen molar-refractivity contribution >= 4 is 17.8 Å². The Balaban J connectivity index is 1.54. The number of benzene rings is 1. The molecule has 7 heteroatoms. The summed E-state index contributed by atoms with van der Waals surface area (Å²) in [6, 6.07) is 8.08. The Bertz CT molecular complexity index is 646. The zero-order chi connectivity index (χ0) is 16.1. The van der Waals surface area contributed by atoms with Crippen LogP contribution in [0.25, 0.3) is 5.69 Å². The molecule has 1 aromatic heterocycles. The molecular formula is C16H21N5OS. The molecule has 0 radical (unpaired) electrons. The lowest BCUT2D eigenvalue weighted by molar-refractivity contribution is 0.237. The smallest absolute Gasteiger partial charge is 0.315 e. The van der Waals surface area contributed by atoms with Crippen LogP contribution in [0.4, 0.5) is 4.79 Å². The van der Waals surface area contributed by atoms with Crippen molar-refractivity contribution in [3.05, 3.63) is 42.5 Å². The molecule has 1 fully saturated rings. The van der Waals surface area contributed by atoms with Crippen LogP contribution in [0.3, 0.4) is 0 Å². The summed E-state index contributed by atoms with van der Waals surface area (Å²) in [4.78, 5) is 16.0. The Labute approximate surface area is 140 Å². The van der Waals surface area contributed by atoms with E-state index in [0.717, 1.165) is 17.7 Å². The fraction of sp³-hybridized carbons (Fsp3) is 0.438. The van der Waals surface area contributed by atoms with Gasteiger partial charge in [-0.15, -0.1) is 0 Å². The van der Waals surface area contributed by atoms with Crippen LogP contribution in [-0.2, 0) is 6.54 Å². The van der Waals surface area contributed by atoms with Gasteiger partial charge >= 0.3 is 6.03 Å². The second-order valence-electron chi connectivity index (χ2n) is 5.65. The summed E-state index contributed by atoms with van der Waals surface area (Å²) >= 11 is 1.84. The van der Waals surface area contributed by atoms with E-state index in [0.29, 0.717) is 11.8 Å². The number of urea groups is 1. The first kappa shape index (κ1) is 15.9. The van der Waals surface area contributed by atoms with Gasteiger partial charge in [0.05, 0.1) is 5.69 Å². The molecule has 0 bridgehead atoms. The van der Waals surface area contributed by atoms with Gasteiger partial charge in [0.25, 0.3) is 0 Å². The van der Waals surface area contributed by atoms with E-state index in [1.54, 1.807) is 11.0 Å². The molecular weight excluding hydrogens is 310 g/mol. The Kier molecular flexibility index (Phi) is 5.17. The minimum absolute atomic E-state index is 0.0953. The van der Waals surface area contributed by atoms with Gasteiger partial charge in [0.1, 0.15) is 12.7 Å². The van der Waals surface area contributed by atoms with E-state index < -0.39 is 0 Å². The second-order valence-corrected chi connectivity index (χ2v) is 6.73. The molecule has 3 rings (SSSR count). The Morgan fingerprint density at radius 3 is 3.13 bits per heavy atom.